The SMILES string of the molecule is Cc1ccc(Cl)cc1N(CC(=O)N(Cc1c(Cl)cccc1Cl)[C@H](Cc1ccccc1)C(=O)NC1CCCCC1)S(C)(=O)=O. The predicted octanol–water partition coefficient (Wildman–Crippen LogP) is 6.81. The molecule has 230 valence electrons. The number of carbonyl (C=O) groups excluding carboxylic acids is 2. The van der Waals surface area contributed by atoms with Gasteiger partial charge in [0.15, 0.2) is 0 Å². The quantitative estimate of drug-likeness (QED) is 0.244. The number of benzene rings is 3. The van der Waals surface area contributed by atoms with Gasteiger partial charge in [-0.3, -0.25) is 13.9 Å². The van der Waals surface area contributed by atoms with Crippen LogP contribution in [0.1, 0.15) is 48.8 Å². The van der Waals surface area contributed by atoms with Gasteiger partial charge in [-0.2, -0.15) is 0 Å². The van der Waals surface area contributed by atoms with Crippen LogP contribution in [-0.2, 0) is 32.6 Å². The summed E-state index contributed by atoms with van der Waals surface area (Å²) in [7, 11) is -3.93. The van der Waals surface area contributed by atoms with Crippen LogP contribution < -0.4 is 9.62 Å². The van der Waals surface area contributed by atoms with E-state index in [1.165, 1.54) is 11.0 Å². The summed E-state index contributed by atoms with van der Waals surface area (Å²) in [4.78, 5) is 29.8. The molecule has 1 aliphatic carbocycles. The summed E-state index contributed by atoms with van der Waals surface area (Å²) in [6.07, 6.45) is 6.14. The Morgan fingerprint density at radius 3 is 2.21 bits per heavy atom. The van der Waals surface area contributed by atoms with Gasteiger partial charge in [-0.05, 0) is 55.2 Å². The number of hydrogen-bond donors (Lipinski definition) is 1. The highest BCUT2D eigenvalue weighted by Gasteiger charge is 2.35. The molecular formula is C32H36Cl3N3O4S. The van der Waals surface area contributed by atoms with Crippen LogP contribution in [0.15, 0.2) is 66.7 Å². The fraction of sp³-hybridized carbons (Fsp3) is 0.375. The maximum atomic E-state index is 14.3. The van der Waals surface area contributed by atoms with Gasteiger partial charge in [0.1, 0.15) is 12.6 Å². The van der Waals surface area contributed by atoms with Gasteiger partial charge in [0.25, 0.3) is 0 Å². The molecule has 0 radical (unpaired) electrons. The predicted molar refractivity (Wildman–Crippen MR) is 174 cm³/mol. The lowest BCUT2D eigenvalue weighted by Crippen LogP contribution is -2.55. The van der Waals surface area contributed by atoms with E-state index in [1.54, 1.807) is 37.3 Å². The summed E-state index contributed by atoms with van der Waals surface area (Å²) in [5, 5.41) is 4.17. The first-order valence-electron chi connectivity index (χ1n) is 14.2. The number of carbonyl (C=O) groups is 2. The fourth-order valence-corrected chi connectivity index (χ4v) is 6.98. The van der Waals surface area contributed by atoms with Gasteiger partial charge in [0.05, 0.1) is 11.9 Å². The molecule has 0 aromatic heterocycles. The molecule has 0 bridgehead atoms. The first-order chi connectivity index (χ1) is 20.4. The Balaban J connectivity index is 1.78. The fourth-order valence-electron chi connectivity index (χ4n) is 5.40. The van der Waals surface area contributed by atoms with E-state index in [1.807, 2.05) is 30.3 Å². The van der Waals surface area contributed by atoms with Crippen LogP contribution in [0.5, 0.6) is 0 Å². The van der Waals surface area contributed by atoms with Crippen LogP contribution in [0.2, 0.25) is 15.1 Å². The first kappa shape index (κ1) is 33.1. The number of hydrogen-bond acceptors (Lipinski definition) is 4. The van der Waals surface area contributed by atoms with E-state index >= 15 is 0 Å². The second-order valence-corrected chi connectivity index (χ2v) is 14.1. The molecule has 1 fully saturated rings. The number of sulfonamides is 1. The molecular weight excluding hydrogens is 629 g/mol. The molecule has 11 heteroatoms. The highest BCUT2D eigenvalue weighted by molar-refractivity contribution is 7.92. The normalized spacial score (nSPS) is 14.6. The van der Waals surface area contributed by atoms with E-state index in [2.05, 4.69) is 5.32 Å². The van der Waals surface area contributed by atoms with Crippen molar-refractivity contribution in [3.8, 4) is 0 Å². The molecule has 7 nitrogen and oxygen atoms in total. The van der Waals surface area contributed by atoms with Crippen molar-refractivity contribution in [2.75, 3.05) is 17.1 Å². The molecule has 3 aromatic rings. The highest BCUT2D eigenvalue weighted by atomic mass is 35.5. The average Bonchev–Trinajstić information content (AvgIpc) is 2.96. The van der Waals surface area contributed by atoms with E-state index < -0.39 is 28.5 Å². The van der Waals surface area contributed by atoms with Crippen LogP contribution in [-0.4, -0.2) is 50.0 Å². The molecule has 0 aliphatic heterocycles. The Morgan fingerprint density at radius 2 is 1.58 bits per heavy atom. The van der Waals surface area contributed by atoms with Crippen LogP contribution >= 0.6 is 34.8 Å². The number of nitrogens with one attached hydrogen (secondary N) is 1. The van der Waals surface area contributed by atoms with Crippen LogP contribution in [0.3, 0.4) is 0 Å². The second kappa shape index (κ2) is 14.8. The van der Waals surface area contributed by atoms with Gasteiger partial charge in [-0.25, -0.2) is 8.42 Å². The maximum absolute atomic E-state index is 14.3. The molecule has 4 rings (SSSR count). The zero-order chi connectivity index (χ0) is 31.1. The molecule has 1 aliphatic rings. The first-order valence-corrected chi connectivity index (χ1v) is 17.2. The van der Waals surface area contributed by atoms with Gasteiger partial charge < -0.3 is 10.2 Å². The monoisotopic (exact) mass is 663 g/mol. The lowest BCUT2D eigenvalue weighted by Gasteiger charge is -2.35. The Hall–Kier alpha value is -2.78. The average molecular weight is 665 g/mol. The molecule has 0 unspecified atom stereocenters. The molecule has 0 spiro atoms. The lowest BCUT2D eigenvalue weighted by molar-refractivity contribution is -0.140. The molecule has 0 saturated heterocycles. The molecule has 2 amide bonds. The van der Waals surface area contributed by atoms with Gasteiger partial charge >= 0.3 is 0 Å². The lowest BCUT2D eigenvalue weighted by atomic mass is 9.94. The van der Waals surface area contributed by atoms with Crippen LogP contribution in [0.25, 0.3) is 0 Å². The summed E-state index contributed by atoms with van der Waals surface area (Å²) < 4.78 is 27.2. The topological polar surface area (TPSA) is 86.8 Å². The number of aryl methyl sites for hydroxylation is 1. The Labute approximate surface area is 269 Å². The number of rotatable bonds is 11. The van der Waals surface area contributed by atoms with Crippen molar-refractivity contribution < 1.29 is 18.0 Å². The van der Waals surface area contributed by atoms with Crippen molar-refractivity contribution in [3.63, 3.8) is 0 Å². The van der Waals surface area contributed by atoms with Crippen molar-refractivity contribution in [1.82, 2.24) is 10.2 Å². The van der Waals surface area contributed by atoms with Gasteiger partial charge in [0, 0.05) is 39.6 Å². The van der Waals surface area contributed by atoms with Crippen molar-refractivity contribution >= 4 is 62.3 Å². The summed E-state index contributed by atoms with van der Waals surface area (Å²) in [6.45, 7) is 1.09. The minimum absolute atomic E-state index is 0.00186. The Morgan fingerprint density at radius 1 is 0.930 bits per heavy atom. The standard InChI is InChI=1S/C32H36Cl3N3O4S/c1-22-16-17-24(33)19-29(22)38(43(2,41)42)21-31(39)37(20-26-27(34)14-9-15-28(26)35)30(18-23-10-5-3-6-11-23)32(40)36-25-12-7-4-8-13-25/h3,5-6,9-11,14-17,19,25,30H,4,7-8,12-13,18,20-21H2,1-2H3,(H,36,40)/t30-/m1/s1. The summed E-state index contributed by atoms with van der Waals surface area (Å²) >= 11 is 19.3. The van der Waals surface area contributed by atoms with Crippen LogP contribution in [0, 0.1) is 6.92 Å². The molecule has 1 N–H and O–H groups in total. The molecule has 1 atom stereocenters. The Bertz CT molecular complexity index is 1530. The van der Waals surface area contributed by atoms with Crippen molar-refractivity contribution in [3.05, 3.63) is 98.5 Å². The second-order valence-electron chi connectivity index (χ2n) is 11.0. The third-order valence-electron chi connectivity index (χ3n) is 7.73. The summed E-state index contributed by atoms with van der Waals surface area (Å²) in [6, 6.07) is 18.3. The van der Waals surface area contributed by atoms with Crippen LogP contribution in [0.4, 0.5) is 5.69 Å². The molecule has 3 aromatic carbocycles. The molecule has 43 heavy (non-hydrogen) atoms. The third-order valence-corrected chi connectivity index (χ3v) is 9.80. The van der Waals surface area contributed by atoms with Gasteiger partial charge in [-0.15, -0.1) is 0 Å². The number of anilines is 1. The van der Waals surface area contributed by atoms with E-state index in [0.29, 0.717) is 26.2 Å². The number of halogens is 3. The van der Waals surface area contributed by atoms with Gasteiger partial charge in [-0.1, -0.05) is 96.5 Å². The summed E-state index contributed by atoms with van der Waals surface area (Å²) in [5.74, 6) is -0.891. The van der Waals surface area contributed by atoms with Crippen molar-refractivity contribution in [2.45, 2.75) is 64.1 Å². The minimum atomic E-state index is -3.93. The zero-order valence-corrected chi connectivity index (χ0v) is 27.3. The van der Waals surface area contributed by atoms with Crippen molar-refractivity contribution in [1.29, 1.82) is 0 Å². The van der Waals surface area contributed by atoms with Crippen molar-refractivity contribution in [2.24, 2.45) is 0 Å². The van der Waals surface area contributed by atoms with E-state index in [4.69, 9.17) is 34.8 Å². The van der Waals surface area contributed by atoms with E-state index in [9.17, 15) is 18.0 Å². The van der Waals surface area contributed by atoms with E-state index in [-0.39, 0.29) is 30.6 Å². The maximum Gasteiger partial charge on any atom is 0.244 e. The molecule has 0 heterocycles. The van der Waals surface area contributed by atoms with E-state index in [0.717, 1.165) is 48.2 Å². The third kappa shape index (κ3) is 8.88. The smallest absolute Gasteiger partial charge is 0.244 e. The summed E-state index contributed by atoms with van der Waals surface area (Å²) in [5.41, 5.74) is 2.22. The molecule has 1 saturated carbocycles. The Kier molecular flexibility index (Phi) is 11.4. The number of nitrogens with zero attached hydrogens (tertiary/aromatic N) is 2. The minimum Gasteiger partial charge on any atom is -0.352 e. The highest BCUT2D eigenvalue weighted by Crippen LogP contribution is 2.30. The number of amides is 2. The largest absolute Gasteiger partial charge is 0.352 e. The van der Waals surface area contributed by atoms with Gasteiger partial charge in [0.2, 0.25) is 21.8 Å². The zero-order valence-electron chi connectivity index (χ0n) is 24.2.